The van der Waals surface area contributed by atoms with Crippen LogP contribution in [-0.2, 0) is 28.3 Å². The molecule has 7 nitrogen and oxygen atoms in total. The number of H-pyrrole nitrogens is 1. The number of sulfone groups is 1. The van der Waals surface area contributed by atoms with Crippen molar-refractivity contribution in [2.24, 2.45) is 0 Å². The number of nitrogens with one attached hydrogen (secondary N) is 3. The maximum atomic E-state index is 13.4. The highest BCUT2D eigenvalue weighted by atomic mass is 32.2. The minimum absolute atomic E-state index is 0.0738. The van der Waals surface area contributed by atoms with Crippen LogP contribution in [0, 0.1) is 0 Å². The van der Waals surface area contributed by atoms with Gasteiger partial charge in [-0.25, -0.2) is 8.42 Å². The highest BCUT2D eigenvalue weighted by Crippen LogP contribution is 2.40. The van der Waals surface area contributed by atoms with Gasteiger partial charge >= 0.3 is 0 Å². The van der Waals surface area contributed by atoms with Gasteiger partial charge in [0.25, 0.3) is 5.91 Å². The molecule has 0 radical (unpaired) electrons. The molecule has 1 spiro atoms. The van der Waals surface area contributed by atoms with Crippen molar-refractivity contribution in [2.45, 2.75) is 86.1 Å². The summed E-state index contributed by atoms with van der Waals surface area (Å²) in [5, 5.41) is 8.08. The van der Waals surface area contributed by atoms with Gasteiger partial charge < -0.3 is 15.6 Å². The smallest absolute Gasteiger partial charge is 0.267 e. The molecule has 8 heteroatoms. The molecule has 2 aliphatic rings. The van der Waals surface area contributed by atoms with Crippen LogP contribution in [0.1, 0.15) is 85.1 Å². The molecule has 214 valence electrons. The molecule has 3 N–H and O–H groups in total. The molecule has 2 aromatic carbocycles. The first-order chi connectivity index (χ1) is 20.0. The van der Waals surface area contributed by atoms with Crippen molar-refractivity contribution in [3.8, 4) is 0 Å². The van der Waals surface area contributed by atoms with Gasteiger partial charge in [-0.15, -0.1) is 0 Å². The molecule has 1 fully saturated rings. The van der Waals surface area contributed by atoms with Crippen molar-refractivity contribution in [1.82, 2.24) is 20.6 Å². The van der Waals surface area contributed by atoms with E-state index in [4.69, 9.17) is 0 Å². The third-order valence-electron chi connectivity index (χ3n) is 8.87. The summed E-state index contributed by atoms with van der Waals surface area (Å²) in [6.07, 6.45) is 14.4. The number of hydrogen-bond donors (Lipinski definition) is 3. The first-order valence-electron chi connectivity index (χ1n) is 14.8. The van der Waals surface area contributed by atoms with Gasteiger partial charge in [-0.05, 0) is 42.2 Å². The highest BCUT2D eigenvalue weighted by molar-refractivity contribution is 7.91. The Morgan fingerprint density at radius 1 is 0.902 bits per heavy atom. The zero-order valence-electron chi connectivity index (χ0n) is 23.4. The van der Waals surface area contributed by atoms with E-state index in [1.165, 1.54) is 62.4 Å². The topological polar surface area (TPSA) is 104 Å². The van der Waals surface area contributed by atoms with Gasteiger partial charge in [-0.3, -0.25) is 9.78 Å². The van der Waals surface area contributed by atoms with E-state index >= 15 is 0 Å². The molecule has 1 aliphatic carbocycles. The van der Waals surface area contributed by atoms with E-state index in [1.807, 2.05) is 24.3 Å². The van der Waals surface area contributed by atoms with Crippen LogP contribution in [0.5, 0.6) is 0 Å². The summed E-state index contributed by atoms with van der Waals surface area (Å²) in [7, 11) is -3.74. The van der Waals surface area contributed by atoms with Crippen LogP contribution >= 0.6 is 0 Å². The Balaban J connectivity index is 1.15. The molecule has 1 aliphatic heterocycles. The van der Waals surface area contributed by atoms with E-state index in [1.54, 1.807) is 36.5 Å². The fraction of sp³-hybridized carbons (Fsp3) is 0.394. The number of aromatic nitrogens is 2. The number of amides is 1. The standard InChI is InChI=1S/C33H38N4O3S/c38-32(29-18-26-21-35-23-33(31(26)37-29)16-8-4-2-1-3-5-9-17-33)36-19-24-12-14-27(15-13-24)41(39,40)30-22-34-20-25-10-6-7-11-28(25)30/h6-7,10-15,18,20,22,35,37H,1-5,8-9,16-17,19,21,23H2,(H,36,38). The molecule has 41 heavy (non-hydrogen) atoms. The summed E-state index contributed by atoms with van der Waals surface area (Å²) in [5.74, 6) is -0.145. The second-order valence-corrected chi connectivity index (χ2v) is 13.5. The quantitative estimate of drug-likeness (QED) is 0.265. The normalized spacial score (nSPS) is 17.7. The summed E-state index contributed by atoms with van der Waals surface area (Å²) in [4.78, 5) is 21.3. The van der Waals surface area contributed by atoms with E-state index in [9.17, 15) is 13.2 Å². The van der Waals surface area contributed by atoms with Crippen LogP contribution in [0.15, 0.2) is 76.8 Å². The summed E-state index contributed by atoms with van der Waals surface area (Å²) >= 11 is 0. The van der Waals surface area contributed by atoms with Crippen molar-refractivity contribution in [2.75, 3.05) is 6.54 Å². The van der Waals surface area contributed by atoms with Crippen molar-refractivity contribution in [3.63, 3.8) is 0 Å². The first-order valence-corrected chi connectivity index (χ1v) is 16.3. The SMILES string of the molecule is O=C(NCc1ccc(S(=O)(=O)c2cncc3ccccc23)cc1)c1cc2c([nH]1)C1(CCCCCCCCC1)CNC2. The fourth-order valence-corrected chi connectivity index (χ4v) is 8.04. The zero-order valence-corrected chi connectivity index (χ0v) is 24.2. The van der Waals surface area contributed by atoms with Crippen molar-refractivity contribution < 1.29 is 13.2 Å². The molecule has 4 aromatic rings. The number of pyridine rings is 1. The second-order valence-electron chi connectivity index (χ2n) is 11.6. The Morgan fingerprint density at radius 2 is 1.61 bits per heavy atom. The monoisotopic (exact) mass is 570 g/mol. The predicted molar refractivity (Wildman–Crippen MR) is 161 cm³/mol. The number of carbonyl (C=O) groups excluding carboxylic acids is 1. The van der Waals surface area contributed by atoms with Crippen LogP contribution < -0.4 is 10.6 Å². The molecular formula is C33H38N4O3S. The molecule has 1 amide bonds. The molecule has 0 saturated heterocycles. The molecule has 6 rings (SSSR count). The Bertz CT molecular complexity index is 1630. The average Bonchev–Trinajstić information content (AvgIpc) is 3.45. The van der Waals surface area contributed by atoms with Crippen LogP contribution in [0.25, 0.3) is 10.8 Å². The lowest BCUT2D eigenvalue weighted by atomic mass is 9.72. The number of benzene rings is 2. The molecule has 2 aromatic heterocycles. The van der Waals surface area contributed by atoms with E-state index < -0.39 is 9.84 Å². The molecule has 3 heterocycles. The van der Waals surface area contributed by atoms with Crippen LogP contribution in [0.2, 0.25) is 0 Å². The van der Waals surface area contributed by atoms with Gasteiger partial charge in [0.2, 0.25) is 9.84 Å². The summed E-state index contributed by atoms with van der Waals surface area (Å²) in [6, 6.07) is 16.0. The van der Waals surface area contributed by atoms with E-state index in [0.717, 1.165) is 36.9 Å². The predicted octanol–water partition coefficient (Wildman–Crippen LogP) is 6.19. The maximum absolute atomic E-state index is 13.4. The van der Waals surface area contributed by atoms with Gasteiger partial charge in [-0.2, -0.15) is 0 Å². The van der Waals surface area contributed by atoms with Crippen molar-refractivity contribution in [3.05, 3.63) is 89.5 Å². The number of carbonyl (C=O) groups is 1. The number of rotatable bonds is 5. The molecular weight excluding hydrogens is 532 g/mol. The summed E-state index contributed by atoms with van der Waals surface area (Å²) in [6.45, 7) is 2.05. The van der Waals surface area contributed by atoms with E-state index in [2.05, 4.69) is 20.6 Å². The van der Waals surface area contributed by atoms with E-state index in [0.29, 0.717) is 17.6 Å². The zero-order chi connectivity index (χ0) is 28.3. The third-order valence-corrected chi connectivity index (χ3v) is 10.7. The van der Waals surface area contributed by atoms with Gasteiger partial charge in [0, 0.05) is 53.9 Å². The lowest BCUT2D eigenvalue weighted by Gasteiger charge is -2.38. The fourth-order valence-electron chi connectivity index (χ4n) is 6.61. The third kappa shape index (κ3) is 5.68. The average molecular weight is 571 g/mol. The van der Waals surface area contributed by atoms with Crippen LogP contribution in [0.4, 0.5) is 0 Å². The summed E-state index contributed by atoms with van der Waals surface area (Å²) in [5.41, 5.74) is 3.95. The summed E-state index contributed by atoms with van der Waals surface area (Å²) < 4.78 is 26.8. The first kappa shape index (κ1) is 27.7. The van der Waals surface area contributed by atoms with Crippen LogP contribution in [-0.4, -0.2) is 30.8 Å². The number of hydrogen-bond acceptors (Lipinski definition) is 5. The Hall–Kier alpha value is -3.49. The molecule has 0 unspecified atom stereocenters. The largest absolute Gasteiger partial charge is 0.354 e. The van der Waals surface area contributed by atoms with Gasteiger partial charge in [-0.1, -0.05) is 81.3 Å². The Kier molecular flexibility index (Phi) is 7.95. The maximum Gasteiger partial charge on any atom is 0.267 e. The minimum Gasteiger partial charge on any atom is -0.354 e. The molecule has 1 saturated carbocycles. The Labute approximate surface area is 242 Å². The molecule has 0 bridgehead atoms. The highest BCUT2D eigenvalue weighted by Gasteiger charge is 2.38. The molecule has 0 atom stereocenters. The van der Waals surface area contributed by atoms with Crippen LogP contribution in [0.3, 0.4) is 0 Å². The lowest BCUT2D eigenvalue weighted by molar-refractivity contribution is 0.0946. The second kappa shape index (κ2) is 11.8. The number of nitrogens with zero attached hydrogens (tertiary/aromatic N) is 1. The minimum atomic E-state index is -3.74. The number of aromatic amines is 1. The van der Waals surface area contributed by atoms with Gasteiger partial charge in [0.05, 0.1) is 9.79 Å². The lowest BCUT2D eigenvalue weighted by Crippen LogP contribution is -2.43. The van der Waals surface area contributed by atoms with Gasteiger partial charge in [0.1, 0.15) is 5.69 Å². The van der Waals surface area contributed by atoms with E-state index in [-0.39, 0.29) is 21.1 Å². The Morgan fingerprint density at radius 3 is 2.37 bits per heavy atom. The van der Waals surface area contributed by atoms with Crippen molar-refractivity contribution in [1.29, 1.82) is 0 Å². The number of fused-ring (bicyclic) bond motifs is 3. The van der Waals surface area contributed by atoms with Crippen molar-refractivity contribution >= 4 is 26.5 Å². The van der Waals surface area contributed by atoms with Gasteiger partial charge in [0.15, 0.2) is 0 Å².